The predicted molar refractivity (Wildman–Crippen MR) is 136 cm³/mol. The summed E-state index contributed by atoms with van der Waals surface area (Å²) in [5.74, 6) is -0.0229. The summed E-state index contributed by atoms with van der Waals surface area (Å²) in [5.41, 5.74) is 3.44. The molecular formula is C29H24N2O3. The Hall–Kier alpha value is -4.38. The number of para-hydroxylation sites is 1. The topological polar surface area (TPSA) is 58.6 Å². The molecule has 1 heterocycles. The lowest BCUT2D eigenvalue weighted by atomic mass is 10.0. The van der Waals surface area contributed by atoms with E-state index in [9.17, 15) is 9.59 Å². The van der Waals surface area contributed by atoms with Gasteiger partial charge in [0.2, 0.25) is 0 Å². The Morgan fingerprint density at radius 1 is 0.794 bits per heavy atom. The molecule has 0 fully saturated rings. The van der Waals surface area contributed by atoms with Crippen molar-refractivity contribution in [2.45, 2.75) is 13.8 Å². The van der Waals surface area contributed by atoms with Gasteiger partial charge in [0.15, 0.2) is 0 Å². The quantitative estimate of drug-likeness (QED) is 0.371. The molecule has 5 heteroatoms. The molecule has 168 valence electrons. The molecule has 34 heavy (non-hydrogen) atoms. The van der Waals surface area contributed by atoms with Crippen molar-refractivity contribution < 1.29 is 14.3 Å². The molecule has 0 aromatic heterocycles. The molecule has 1 N–H and O–H groups in total. The molecular weight excluding hydrogens is 424 g/mol. The Labute approximate surface area is 198 Å². The molecule has 5 nitrogen and oxygen atoms in total. The van der Waals surface area contributed by atoms with E-state index in [1.165, 1.54) is 4.90 Å². The van der Waals surface area contributed by atoms with E-state index < -0.39 is 0 Å². The second-order valence-corrected chi connectivity index (χ2v) is 8.09. The lowest BCUT2D eigenvalue weighted by Gasteiger charge is -2.18. The van der Waals surface area contributed by atoms with E-state index in [0.717, 1.165) is 22.0 Å². The normalized spacial score (nSPS) is 13.6. The molecule has 0 unspecified atom stereocenters. The number of fused-ring (bicyclic) bond motifs is 1. The van der Waals surface area contributed by atoms with Crippen LogP contribution in [-0.2, 0) is 9.59 Å². The van der Waals surface area contributed by atoms with Crippen LogP contribution in [0.2, 0.25) is 0 Å². The number of imide groups is 1. The monoisotopic (exact) mass is 448 g/mol. The number of amides is 2. The third-order valence-electron chi connectivity index (χ3n) is 5.94. The molecule has 0 bridgehead atoms. The zero-order valence-corrected chi connectivity index (χ0v) is 19.0. The standard InChI is InChI=1S/C29H24N2O3/c1-3-34-22-17-15-21(16-18-22)26-27(30-24-13-8-11-20-10-5-6-12-23(20)24)29(33)31(28(26)32)25-14-7-4-9-19(25)2/h4-18,30H,3H2,1-2H3. The number of rotatable bonds is 6. The first-order valence-corrected chi connectivity index (χ1v) is 11.2. The third-order valence-corrected chi connectivity index (χ3v) is 5.94. The Morgan fingerprint density at radius 3 is 2.26 bits per heavy atom. The number of hydrogen-bond acceptors (Lipinski definition) is 4. The van der Waals surface area contributed by atoms with Gasteiger partial charge in [-0.3, -0.25) is 9.59 Å². The van der Waals surface area contributed by atoms with E-state index in [2.05, 4.69) is 5.32 Å². The van der Waals surface area contributed by atoms with Crippen LogP contribution in [0.1, 0.15) is 18.1 Å². The van der Waals surface area contributed by atoms with Gasteiger partial charge < -0.3 is 10.1 Å². The van der Waals surface area contributed by atoms with Crippen LogP contribution in [0.3, 0.4) is 0 Å². The van der Waals surface area contributed by atoms with Crippen molar-refractivity contribution in [1.82, 2.24) is 0 Å². The number of carbonyl (C=O) groups is 2. The van der Waals surface area contributed by atoms with Crippen LogP contribution < -0.4 is 15.0 Å². The van der Waals surface area contributed by atoms with Gasteiger partial charge in [-0.1, -0.05) is 66.7 Å². The highest BCUT2D eigenvalue weighted by Crippen LogP contribution is 2.36. The minimum absolute atomic E-state index is 0.258. The Bertz CT molecular complexity index is 1430. The fourth-order valence-electron chi connectivity index (χ4n) is 4.30. The second-order valence-electron chi connectivity index (χ2n) is 8.09. The fourth-order valence-corrected chi connectivity index (χ4v) is 4.30. The number of aryl methyl sites for hydroxylation is 1. The largest absolute Gasteiger partial charge is 0.494 e. The average molecular weight is 449 g/mol. The second kappa shape index (κ2) is 8.87. The average Bonchev–Trinajstić information content (AvgIpc) is 3.09. The Balaban J connectivity index is 1.65. The van der Waals surface area contributed by atoms with Gasteiger partial charge in [0, 0.05) is 11.1 Å². The Morgan fingerprint density at radius 2 is 1.50 bits per heavy atom. The number of carbonyl (C=O) groups excluding carboxylic acids is 2. The predicted octanol–water partition coefficient (Wildman–Crippen LogP) is 5.94. The zero-order chi connectivity index (χ0) is 23.7. The number of benzene rings is 4. The summed E-state index contributed by atoms with van der Waals surface area (Å²) in [6.45, 7) is 4.36. The number of nitrogens with zero attached hydrogens (tertiary/aromatic N) is 1. The lowest BCUT2D eigenvalue weighted by molar-refractivity contribution is -0.120. The highest BCUT2D eigenvalue weighted by atomic mass is 16.5. The van der Waals surface area contributed by atoms with Crippen molar-refractivity contribution in [2.24, 2.45) is 0 Å². The van der Waals surface area contributed by atoms with Crippen LogP contribution in [0.25, 0.3) is 16.3 Å². The minimum atomic E-state index is -0.379. The van der Waals surface area contributed by atoms with Gasteiger partial charge in [0.05, 0.1) is 17.9 Å². The van der Waals surface area contributed by atoms with E-state index in [4.69, 9.17) is 4.74 Å². The van der Waals surface area contributed by atoms with Crippen molar-refractivity contribution in [3.63, 3.8) is 0 Å². The first kappa shape index (κ1) is 21.5. The van der Waals surface area contributed by atoms with Gasteiger partial charge in [-0.25, -0.2) is 4.90 Å². The van der Waals surface area contributed by atoms with Gasteiger partial charge in [0.1, 0.15) is 11.4 Å². The molecule has 4 aromatic carbocycles. The van der Waals surface area contributed by atoms with Crippen molar-refractivity contribution in [2.75, 3.05) is 16.8 Å². The summed E-state index contributed by atoms with van der Waals surface area (Å²) >= 11 is 0. The maximum absolute atomic E-state index is 13.7. The summed E-state index contributed by atoms with van der Waals surface area (Å²) in [4.78, 5) is 28.7. The van der Waals surface area contributed by atoms with Gasteiger partial charge in [-0.2, -0.15) is 0 Å². The molecule has 0 radical (unpaired) electrons. The summed E-state index contributed by atoms with van der Waals surface area (Å²) in [6.07, 6.45) is 0. The minimum Gasteiger partial charge on any atom is -0.494 e. The van der Waals surface area contributed by atoms with Gasteiger partial charge in [-0.05, 0) is 54.6 Å². The molecule has 5 rings (SSSR count). The molecule has 1 aliphatic heterocycles. The summed E-state index contributed by atoms with van der Waals surface area (Å²) in [7, 11) is 0. The highest BCUT2D eigenvalue weighted by Gasteiger charge is 2.40. The van der Waals surface area contributed by atoms with Crippen LogP contribution >= 0.6 is 0 Å². The fraction of sp³-hybridized carbons (Fsp3) is 0.103. The van der Waals surface area contributed by atoms with Gasteiger partial charge in [-0.15, -0.1) is 0 Å². The van der Waals surface area contributed by atoms with E-state index in [1.807, 2.05) is 98.8 Å². The summed E-state index contributed by atoms with van der Waals surface area (Å²) < 4.78 is 5.55. The number of nitrogens with one attached hydrogen (secondary N) is 1. The number of ether oxygens (including phenoxy) is 1. The smallest absolute Gasteiger partial charge is 0.282 e. The zero-order valence-electron chi connectivity index (χ0n) is 19.0. The molecule has 0 spiro atoms. The first-order valence-electron chi connectivity index (χ1n) is 11.2. The van der Waals surface area contributed by atoms with Crippen molar-refractivity contribution >= 4 is 39.5 Å². The molecule has 1 aliphatic rings. The molecule has 2 amide bonds. The van der Waals surface area contributed by atoms with Crippen LogP contribution in [0.4, 0.5) is 11.4 Å². The SMILES string of the molecule is CCOc1ccc(C2=C(Nc3cccc4ccccc34)C(=O)N(c3ccccc3C)C2=O)cc1. The van der Waals surface area contributed by atoms with E-state index >= 15 is 0 Å². The molecule has 0 saturated carbocycles. The summed E-state index contributed by atoms with van der Waals surface area (Å²) in [6, 6.07) is 28.5. The maximum Gasteiger partial charge on any atom is 0.282 e. The van der Waals surface area contributed by atoms with Crippen LogP contribution in [0.15, 0.2) is 96.7 Å². The van der Waals surface area contributed by atoms with Crippen LogP contribution in [0, 0.1) is 6.92 Å². The molecule has 0 atom stereocenters. The highest BCUT2D eigenvalue weighted by molar-refractivity contribution is 6.46. The number of hydrogen-bond donors (Lipinski definition) is 1. The van der Waals surface area contributed by atoms with E-state index in [-0.39, 0.29) is 17.5 Å². The van der Waals surface area contributed by atoms with Crippen LogP contribution in [-0.4, -0.2) is 18.4 Å². The van der Waals surface area contributed by atoms with E-state index in [0.29, 0.717) is 29.2 Å². The van der Waals surface area contributed by atoms with Crippen LogP contribution in [0.5, 0.6) is 5.75 Å². The maximum atomic E-state index is 13.7. The van der Waals surface area contributed by atoms with Crippen molar-refractivity contribution in [3.8, 4) is 5.75 Å². The van der Waals surface area contributed by atoms with E-state index in [1.54, 1.807) is 6.07 Å². The van der Waals surface area contributed by atoms with Gasteiger partial charge in [0.25, 0.3) is 11.8 Å². The molecule has 0 aliphatic carbocycles. The summed E-state index contributed by atoms with van der Waals surface area (Å²) in [5, 5.41) is 5.32. The first-order chi connectivity index (χ1) is 16.6. The van der Waals surface area contributed by atoms with Gasteiger partial charge >= 0.3 is 0 Å². The third kappa shape index (κ3) is 3.71. The Kier molecular flexibility index (Phi) is 5.60. The van der Waals surface area contributed by atoms with Crippen molar-refractivity contribution in [3.05, 3.63) is 108 Å². The molecule has 0 saturated heterocycles. The number of anilines is 2. The van der Waals surface area contributed by atoms with Crippen molar-refractivity contribution in [1.29, 1.82) is 0 Å². The molecule has 4 aromatic rings. The lowest BCUT2D eigenvalue weighted by Crippen LogP contribution is -2.33.